The predicted octanol–water partition coefficient (Wildman–Crippen LogP) is 1.11. The van der Waals surface area contributed by atoms with Gasteiger partial charge < -0.3 is 5.32 Å². The summed E-state index contributed by atoms with van der Waals surface area (Å²) in [5.41, 5.74) is 2.47. The maximum atomic E-state index is 11.5. The number of nitrogens with zero attached hydrogens (tertiary/aromatic N) is 3. The van der Waals surface area contributed by atoms with Crippen molar-refractivity contribution in [1.29, 1.82) is 0 Å². The molecule has 0 radical (unpaired) electrons. The molecule has 76 valence electrons. The second-order valence-corrected chi connectivity index (χ2v) is 3.52. The molecule has 6 heteroatoms. The second kappa shape index (κ2) is 4.61. The molecule has 0 aliphatic carbocycles. The summed E-state index contributed by atoms with van der Waals surface area (Å²) >= 11 is 1.47. The third-order valence-corrected chi connectivity index (χ3v) is 2.31. The highest BCUT2D eigenvalue weighted by Crippen LogP contribution is 2.04. The highest BCUT2D eigenvalue weighted by Gasteiger charge is 2.05. The van der Waals surface area contributed by atoms with Gasteiger partial charge in [0, 0.05) is 11.6 Å². The average Bonchev–Trinajstić information content (AvgIpc) is 2.71. The van der Waals surface area contributed by atoms with Crippen LogP contribution in [-0.2, 0) is 11.2 Å². The molecule has 0 aliphatic heterocycles. The van der Waals surface area contributed by atoms with Crippen LogP contribution in [0.2, 0.25) is 0 Å². The Hall–Kier alpha value is -1.82. The predicted molar refractivity (Wildman–Crippen MR) is 56.5 cm³/mol. The van der Waals surface area contributed by atoms with Crippen molar-refractivity contribution in [3.05, 3.63) is 35.2 Å². The van der Waals surface area contributed by atoms with Crippen LogP contribution in [0.1, 0.15) is 5.69 Å². The van der Waals surface area contributed by atoms with Crippen LogP contribution in [-0.4, -0.2) is 20.9 Å². The van der Waals surface area contributed by atoms with Gasteiger partial charge in [-0.3, -0.25) is 4.79 Å². The van der Waals surface area contributed by atoms with Crippen molar-refractivity contribution in [2.45, 2.75) is 6.42 Å². The Morgan fingerprint density at radius 3 is 3.07 bits per heavy atom. The fourth-order valence-electron chi connectivity index (χ4n) is 1.04. The van der Waals surface area contributed by atoms with Gasteiger partial charge >= 0.3 is 0 Å². The fourth-order valence-corrected chi connectivity index (χ4v) is 1.60. The number of carbonyl (C=O) groups is 1. The van der Waals surface area contributed by atoms with Gasteiger partial charge in [0.2, 0.25) is 5.91 Å². The van der Waals surface area contributed by atoms with E-state index >= 15 is 0 Å². The first kappa shape index (κ1) is 9.72. The van der Waals surface area contributed by atoms with E-state index < -0.39 is 0 Å². The van der Waals surface area contributed by atoms with Crippen molar-refractivity contribution in [2.75, 3.05) is 5.32 Å². The van der Waals surface area contributed by atoms with Crippen LogP contribution < -0.4 is 5.32 Å². The molecule has 0 unspecified atom stereocenters. The Bertz CT molecular complexity index is 429. The summed E-state index contributed by atoms with van der Waals surface area (Å²) in [6, 6.07) is 1.64. The van der Waals surface area contributed by atoms with Crippen LogP contribution in [0.15, 0.2) is 29.5 Å². The lowest BCUT2D eigenvalue weighted by Crippen LogP contribution is -2.15. The minimum Gasteiger partial charge on any atom is -0.310 e. The number of hydrogen-bond acceptors (Lipinski definition) is 5. The van der Waals surface area contributed by atoms with Crippen molar-refractivity contribution < 1.29 is 4.79 Å². The quantitative estimate of drug-likeness (QED) is 0.841. The maximum Gasteiger partial charge on any atom is 0.231 e. The van der Waals surface area contributed by atoms with Gasteiger partial charge in [-0.25, -0.2) is 15.0 Å². The first-order valence-electron chi connectivity index (χ1n) is 4.27. The third-order valence-electron chi connectivity index (χ3n) is 1.67. The average molecular weight is 220 g/mol. The fraction of sp³-hybridized carbons (Fsp3) is 0.111. The van der Waals surface area contributed by atoms with Gasteiger partial charge in [-0.1, -0.05) is 0 Å². The highest BCUT2D eigenvalue weighted by molar-refractivity contribution is 7.07. The van der Waals surface area contributed by atoms with E-state index in [1.165, 1.54) is 17.7 Å². The number of aromatic nitrogens is 3. The summed E-state index contributed by atoms with van der Waals surface area (Å²) in [5, 5.41) is 4.50. The summed E-state index contributed by atoms with van der Waals surface area (Å²) in [5.74, 6) is 0.379. The van der Waals surface area contributed by atoms with Crippen molar-refractivity contribution in [3.63, 3.8) is 0 Å². The molecule has 0 saturated heterocycles. The Kier molecular flexibility index (Phi) is 2.99. The first-order chi connectivity index (χ1) is 7.34. The van der Waals surface area contributed by atoms with E-state index in [2.05, 4.69) is 20.3 Å². The lowest BCUT2D eigenvalue weighted by atomic mass is 10.3. The molecular formula is C9H8N4OS. The van der Waals surface area contributed by atoms with Crippen LogP contribution in [0.5, 0.6) is 0 Å². The Labute approximate surface area is 90.2 Å². The van der Waals surface area contributed by atoms with Crippen LogP contribution >= 0.6 is 11.3 Å². The van der Waals surface area contributed by atoms with E-state index in [0.717, 1.165) is 5.69 Å². The van der Waals surface area contributed by atoms with Crippen LogP contribution in [0.25, 0.3) is 0 Å². The Balaban J connectivity index is 1.94. The standard InChI is InChI=1S/C9H8N4OS/c14-9(3-7-4-15-6-12-7)13-8-1-2-10-5-11-8/h1-2,4-6H,3H2,(H,10,11,13,14). The van der Waals surface area contributed by atoms with Crippen LogP contribution in [0.3, 0.4) is 0 Å². The molecule has 2 aromatic heterocycles. The monoisotopic (exact) mass is 220 g/mol. The van der Waals surface area contributed by atoms with Crippen molar-refractivity contribution in [2.24, 2.45) is 0 Å². The molecule has 1 N–H and O–H groups in total. The highest BCUT2D eigenvalue weighted by atomic mass is 32.1. The maximum absolute atomic E-state index is 11.5. The molecule has 0 aliphatic rings. The van der Waals surface area contributed by atoms with Gasteiger partial charge in [-0.2, -0.15) is 0 Å². The van der Waals surface area contributed by atoms with Gasteiger partial charge in [0.25, 0.3) is 0 Å². The van der Waals surface area contributed by atoms with E-state index in [1.807, 2.05) is 5.38 Å². The zero-order valence-electron chi connectivity index (χ0n) is 7.75. The largest absolute Gasteiger partial charge is 0.310 e. The molecule has 0 spiro atoms. The molecule has 2 rings (SSSR count). The number of rotatable bonds is 3. The van der Waals surface area contributed by atoms with E-state index in [1.54, 1.807) is 17.8 Å². The van der Waals surface area contributed by atoms with E-state index in [-0.39, 0.29) is 12.3 Å². The number of thiazole rings is 1. The van der Waals surface area contributed by atoms with Crippen molar-refractivity contribution in [3.8, 4) is 0 Å². The summed E-state index contributed by atoms with van der Waals surface area (Å²) in [7, 11) is 0. The number of carbonyl (C=O) groups excluding carboxylic acids is 1. The van der Waals surface area contributed by atoms with Gasteiger partial charge in [-0.05, 0) is 6.07 Å². The zero-order valence-corrected chi connectivity index (χ0v) is 8.57. The lowest BCUT2D eigenvalue weighted by molar-refractivity contribution is -0.115. The summed E-state index contributed by atoms with van der Waals surface area (Å²) < 4.78 is 0. The summed E-state index contributed by atoms with van der Waals surface area (Å²) in [6.07, 6.45) is 3.23. The normalized spacial score (nSPS) is 9.87. The van der Waals surface area contributed by atoms with Gasteiger partial charge in [0.15, 0.2) is 0 Å². The van der Waals surface area contributed by atoms with Crippen molar-refractivity contribution in [1.82, 2.24) is 15.0 Å². The Morgan fingerprint density at radius 1 is 1.47 bits per heavy atom. The number of amides is 1. The van der Waals surface area contributed by atoms with Gasteiger partial charge in [0.05, 0.1) is 17.6 Å². The van der Waals surface area contributed by atoms with Crippen molar-refractivity contribution >= 4 is 23.1 Å². The molecule has 0 saturated carbocycles. The molecule has 2 heterocycles. The minimum atomic E-state index is -0.125. The molecular weight excluding hydrogens is 212 g/mol. The third kappa shape index (κ3) is 2.81. The molecule has 0 aromatic carbocycles. The molecule has 1 amide bonds. The smallest absolute Gasteiger partial charge is 0.231 e. The molecule has 0 bridgehead atoms. The molecule has 15 heavy (non-hydrogen) atoms. The molecule has 0 fully saturated rings. The second-order valence-electron chi connectivity index (χ2n) is 2.80. The SMILES string of the molecule is O=C(Cc1cscn1)Nc1ccncn1. The van der Waals surface area contributed by atoms with E-state index in [0.29, 0.717) is 5.82 Å². The van der Waals surface area contributed by atoms with E-state index in [9.17, 15) is 4.79 Å². The number of nitrogens with one attached hydrogen (secondary N) is 1. The topological polar surface area (TPSA) is 67.8 Å². The Morgan fingerprint density at radius 2 is 2.40 bits per heavy atom. The lowest BCUT2D eigenvalue weighted by Gasteiger charge is -2.01. The van der Waals surface area contributed by atoms with Crippen LogP contribution in [0, 0.1) is 0 Å². The minimum absolute atomic E-state index is 0.125. The van der Waals surface area contributed by atoms with Crippen LogP contribution in [0.4, 0.5) is 5.82 Å². The number of anilines is 1. The van der Waals surface area contributed by atoms with Gasteiger partial charge in [0.1, 0.15) is 12.1 Å². The number of hydrogen-bond donors (Lipinski definition) is 1. The van der Waals surface area contributed by atoms with E-state index in [4.69, 9.17) is 0 Å². The van der Waals surface area contributed by atoms with Gasteiger partial charge in [-0.15, -0.1) is 11.3 Å². The molecule has 2 aromatic rings. The first-order valence-corrected chi connectivity index (χ1v) is 5.22. The summed E-state index contributed by atoms with van der Waals surface area (Å²) in [4.78, 5) is 23.1. The molecule has 5 nitrogen and oxygen atoms in total. The molecule has 0 atom stereocenters. The zero-order chi connectivity index (χ0) is 10.5. The summed E-state index contributed by atoms with van der Waals surface area (Å²) in [6.45, 7) is 0.